The Morgan fingerprint density at radius 2 is 2.05 bits per heavy atom. The van der Waals surface area contributed by atoms with Crippen LogP contribution in [0.5, 0.6) is 5.75 Å². The monoisotopic (exact) mass is 286 g/mol. The molecule has 0 aliphatic carbocycles. The minimum atomic E-state index is -3.09. The first-order chi connectivity index (χ1) is 9.06. The van der Waals surface area contributed by atoms with Crippen LogP contribution in [0.15, 0.2) is 46.5 Å². The zero-order chi connectivity index (χ0) is 13.8. The molecule has 2 aromatic rings. The van der Waals surface area contributed by atoms with Crippen molar-refractivity contribution in [2.75, 3.05) is 5.73 Å². The summed E-state index contributed by atoms with van der Waals surface area (Å²) in [7, 11) is 0. The number of halogens is 3. The van der Waals surface area contributed by atoms with Crippen LogP contribution < -0.4 is 10.5 Å². The van der Waals surface area contributed by atoms with Crippen LogP contribution in [-0.2, 0) is 0 Å². The number of rotatable bonds is 4. The van der Waals surface area contributed by atoms with Gasteiger partial charge in [0.2, 0.25) is 0 Å². The fourth-order valence-electron chi connectivity index (χ4n) is 1.34. The van der Waals surface area contributed by atoms with Crippen molar-refractivity contribution in [3.05, 3.63) is 42.3 Å². The Labute approximate surface area is 111 Å². The molecule has 0 atom stereocenters. The zero-order valence-corrected chi connectivity index (χ0v) is 10.3. The van der Waals surface area contributed by atoms with Crippen molar-refractivity contribution in [3.63, 3.8) is 0 Å². The molecule has 1 aromatic heterocycles. The summed E-state index contributed by atoms with van der Waals surface area (Å²) >= 11 is 1.14. The fourth-order valence-corrected chi connectivity index (χ4v) is 2.17. The van der Waals surface area contributed by atoms with Gasteiger partial charge in [-0.1, -0.05) is 17.8 Å². The summed E-state index contributed by atoms with van der Waals surface area (Å²) in [6, 6.07) is 7.31. The largest absolute Gasteiger partial charge is 0.432 e. The number of aromatic nitrogens is 1. The van der Waals surface area contributed by atoms with Crippen molar-refractivity contribution in [2.45, 2.75) is 16.5 Å². The van der Waals surface area contributed by atoms with Gasteiger partial charge in [-0.15, -0.1) is 0 Å². The zero-order valence-electron chi connectivity index (χ0n) is 9.52. The molecule has 2 N–H and O–H groups in total. The van der Waals surface area contributed by atoms with Gasteiger partial charge in [-0.05, 0) is 18.2 Å². The fraction of sp³-hybridized carbons (Fsp3) is 0.0833. The smallest absolute Gasteiger partial charge is 0.387 e. The number of nitrogens with two attached hydrogens (primary N) is 1. The molecule has 0 aliphatic heterocycles. The Kier molecular flexibility index (Phi) is 4.16. The van der Waals surface area contributed by atoms with Gasteiger partial charge in [0.1, 0.15) is 5.03 Å². The van der Waals surface area contributed by atoms with Gasteiger partial charge in [0.05, 0.1) is 0 Å². The number of ether oxygens (including phenoxy) is 1. The van der Waals surface area contributed by atoms with Crippen molar-refractivity contribution < 1.29 is 17.9 Å². The Bertz CT molecular complexity index is 566. The maximum Gasteiger partial charge on any atom is 0.387 e. The number of nitrogens with zero attached hydrogens (tertiary/aromatic N) is 1. The molecule has 0 spiro atoms. The van der Waals surface area contributed by atoms with E-state index in [2.05, 4.69) is 9.72 Å². The minimum Gasteiger partial charge on any atom is -0.432 e. The predicted molar refractivity (Wildman–Crippen MR) is 65.8 cm³/mol. The molecule has 19 heavy (non-hydrogen) atoms. The van der Waals surface area contributed by atoms with Gasteiger partial charge >= 0.3 is 6.61 Å². The Morgan fingerprint density at radius 1 is 1.26 bits per heavy atom. The molecule has 2 rings (SSSR count). The van der Waals surface area contributed by atoms with Crippen molar-refractivity contribution >= 4 is 17.4 Å². The van der Waals surface area contributed by atoms with E-state index in [0.29, 0.717) is 9.92 Å². The molecule has 0 aliphatic rings. The summed E-state index contributed by atoms with van der Waals surface area (Å²) in [6.45, 7) is -3.09. The lowest BCUT2D eigenvalue weighted by Crippen LogP contribution is -2.04. The van der Waals surface area contributed by atoms with Crippen LogP contribution in [0.4, 0.5) is 18.9 Å². The maximum absolute atomic E-state index is 13.4. The Morgan fingerprint density at radius 3 is 2.68 bits per heavy atom. The maximum atomic E-state index is 13.4. The Balaban J connectivity index is 2.29. The van der Waals surface area contributed by atoms with E-state index in [1.165, 1.54) is 0 Å². The summed E-state index contributed by atoms with van der Waals surface area (Å²) in [5, 5.41) is 0.615. The second-order valence-electron chi connectivity index (χ2n) is 3.47. The van der Waals surface area contributed by atoms with Crippen molar-refractivity contribution in [1.82, 2.24) is 4.98 Å². The third-order valence-corrected chi connectivity index (χ3v) is 3.16. The van der Waals surface area contributed by atoms with Gasteiger partial charge in [-0.3, -0.25) is 0 Å². The normalized spacial score (nSPS) is 10.7. The van der Waals surface area contributed by atoms with Crippen LogP contribution in [0.2, 0.25) is 0 Å². The van der Waals surface area contributed by atoms with E-state index in [0.717, 1.165) is 23.9 Å². The van der Waals surface area contributed by atoms with Crippen molar-refractivity contribution in [3.8, 4) is 5.75 Å². The lowest BCUT2D eigenvalue weighted by Gasteiger charge is -2.10. The summed E-state index contributed by atoms with van der Waals surface area (Å²) in [6.07, 6.45) is 1.58. The highest BCUT2D eigenvalue weighted by atomic mass is 32.2. The molecule has 0 amide bonds. The van der Waals surface area contributed by atoms with Gasteiger partial charge in [0.15, 0.2) is 11.6 Å². The van der Waals surface area contributed by atoms with E-state index >= 15 is 0 Å². The van der Waals surface area contributed by atoms with Crippen molar-refractivity contribution in [2.24, 2.45) is 0 Å². The molecule has 7 heteroatoms. The topological polar surface area (TPSA) is 48.1 Å². The van der Waals surface area contributed by atoms with Crippen LogP contribution >= 0.6 is 11.8 Å². The predicted octanol–water partition coefficient (Wildman–Crippen LogP) is 3.56. The molecule has 3 nitrogen and oxygen atoms in total. The number of anilines is 1. The van der Waals surface area contributed by atoms with Gasteiger partial charge in [-0.2, -0.15) is 8.78 Å². The molecule has 0 bridgehead atoms. The highest BCUT2D eigenvalue weighted by Crippen LogP contribution is 2.35. The summed E-state index contributed by atoms with van der Waals surface area (Å²) < 4.78 is 41.7. The standard InChI is InChI=1S/C12H9F3N2OS/c13-7-5-8(16)10(6-9(7)18-12(14)15)19-11-3-1-2-4-17-11/h1-6,12H,16H2. The summed E-state index contributed by atoms with van der Waals surface area (Å²) in [5.74, 6) is -1.47. The van der Waals surface area contributed by atoms with Crippen molar-refractivity contribution in [1.29, 1.82) is 0 Å². The quantitative estimate of drug-likeness (QED) is 0.873. The molecule has 100 valence electrons. The first kappa shape index (κ1) is 13.5. The molecule has 1 aromatic carbocycles. The minimum absolute atomic E-state index is 0.134. The molecule has 0 saturated heterocycles. The number of alkyl halides is 2. The molecule has 0 radical (unpaired) electrons. The average Bonchev–Trinajstić information content (AvgIpc) is 2.36. The van der Waals surface area contributed by atoms with Gasteiger partial charge < -0.3 is 10.5 Å². The third-order valence-electron chi connectivity index (χ3n) is 2.13. The van der Waals surface area contributed by atoms with Gasteiger partial charge in [0, 0.05) is 22.8 Å². The average molecular weight is 286 g/mol. The second-order valence-corrected chi connectivity index (χ2v) is 4.53. The Hall–Kier alpha value is -1.89. The molecular weight excluding hydrogens is 277 g/mol. The molecule has 0 unspecified atom stereocenters. The van der Waals surface area contributed by atoms with Crippen LogP contribution in [0.3, 0.4) is 0 Å². The van der Waals surface area contributed by atoms with E-state index in [1.54, 1.807) is 24.4 Å². The van der Waals surface area contributed by atoms with Gasteiger partial charge in [-0.25, -0.2) is 9.37 Å². The molecular formula is C12H9F3N2OS. The number of pyridine rings is 1. The summed E-state index contributed by atoms with van der Waals surface area (Å²) in [5.41, 5.74) is 5.77. The number of hydrogen-bond donors (Lipinski definition) is 1. The van der Waals surface area contributed by atoms with E-state index in [-0.39, 0.29) is 5.69 Å². The molecule has 0 saturated carbocycles. The van der Waals surface area contributed by atoms with E-state index < -0.39 is 18.2 Å². The first-order valence-corrected chi connectivity index (χ1v) is 6.00. The molecule has 0 fully saturated rings. The summed E-state index contributed by atoms with van der Waals surface area (Å²) in [4.78, 5) is 4.45. The van der Waals surface area contributed by atoms with E-state index in [4.69, 9.17) is 5.73 Å². The van der Waals surface area contributed by atoms with E-state index in [1.807, 2.05) is 0 Å². The second kappa shape index (κ2) is 5.83. The lowest BCUT2D eigenvalue weighted by molar-refractivity contribution is -0.0523. The highest BCUT2D eigenvalue weighted by molar-refractivity contribution is 7.99. The SMILES string of the molecule is Nc1cc(F)c(OC(F)F)cc1Sc1ccccn1. The lowest BCUT2D eigenvalue weighted by atomic mass is 10.3. The van der Waals surface area contributed by atoms with E-state index in [9.17, 15) is 13.2 Å². The molecule has 1 heterocycles. The van der Waals surface area contributed by atoms with Crippen LogP contribution in [0.25, 0.3) is 0 Å². The number of benzene rings is 1. The number of hydrogen-bond acceptors (Lipinski definition) is 4. The van der Waals surface area contributed by atoms with Crippen LogP contribution in [-0.4, -0.2) is 11.6 Å². The van der Waals surface area contributed by atoms with Crippen LogP contribution in [0, 0.1) is 5.82 Å². The third kappa shape index (κ3) is 3.54. The number of nitrogen functional groups attached to an aromatic ring is 1. The van der Waals surface area contributed by atoms with Gasteiger partial charge in [0.25, 0.3) is 0 Å². The van der Waals surface area contributed by atoms with Crippen LogP contribution in [0.1, 0.15) is 0 Å². The first-order valence-electron chi connectivity index (χ1n) is 5.19. The highest BCUT2D eigenvalue weighted by Gasteiger charge is 2.14.